The molecule has 0 radical (unpaired) electrons. The Hall–Kier alpha value is -2.04. The Morgan fingerprint density at radius 2 is 1.95 bits per heavy atom. The average molecular weight is 290 g/mol. The van der Waals surface area contributed by atoms with Crippen LogP contribution in [0.25, 0.3) is 0 Å². The van der Waals surface area contributed by atoms with E-state index in [0.29, 0.717) is 22.0 Å². The molecule has 5 heteroatoms. The standard InChI is InChI=1S/C15H16ClN3O/c1-9-6-7-13(19-17)11(8-9)15(20)18-14-10(2)4-3-5-12(14)16/h3-8,19H,17H2,1-2H3,(H,18,20). The number of carbonyl (C=O) groups is 1. The molecular formula is C15H16ClN3O. The first-order valence-corrected chi connectivity index (χ1v) is 6.54. The van der Waals surface area contributed by atoms with Crippen LogP contribution in [0.5, 0.6) is 0 Å². The molecule has 4 nitrogen and oxygen atoms in total. The highest BCUT2D eigenvalue weighted by Crippen LogP contribution is 2.27. The second-order valence-corrected chi connectivity index (χ2v) is 4.99. The van der Waals surface area contributed by atoms with E-state index in [1.807, 2.05) is 32.0 Å². The molecule has 104 valence electrons. The molecule has 0 saturated carbocycles. The van der Waals surface area contributed by atoms with E-state index in [9.17, 15) is 4.79 Å². The third-order valence-corrected chi connectivity index (χ3v) is 3.35. The molecule has 2 aromatic carbocycles. The van der Waals surface area contributed by atoms with E-state index >= 15 is 0 Å². The number of para-hydroxylation sites is 1. The van der Waals surface area contributed by atoms with E-state index in [-0.39, 0.29) is 5.91 Å². The van der Waals surface area contributed by atoms with Gasteiger partial charge in [0.25, 0.3) is 5.91 Å². The lowest BCUT2D eigenvalue weighted by Gasteiger charge is -2.13. The van der Waals surface area contributed by atoms with Crippen LogP contribution in [0.1, 0.15) is 21.5 Å². The highest BCUT2D eigenvalue weighted by atomic mass is 35.5. The zero-order valence-corrected chi connectivity index (χ0v) is 12.1. The van der Waals surface area contributed by atoms with Crippen LogP contribution in [-0.2, 0) is 0 Å². The first-order valence-electron chi connectivity index (χ1n) is 6.16. The number of hydrogen-bond acceptors (Lipinski definition) is 3. The van der Waals surface area contributed by atoms with Crippen LogP contribution in [0.15, 0.2) is 36.4 Å². The molecule has 0 aliphatic heterocycles. The molecule has 0 bridgehead atoms. The maximum absolute atomic E-state index is 12.4. The molecule has 0 saturated heterocycles. The first-order chi connectivity index (χ1) is 9.52. The average Bonchev–Trinajstić information content (AvgIpc) is 2.43. The van der Waals surface area contributed by atoms with Gasteiger partial charge in [-0.3, -0.25) is 10.6 Å². The summed E-state index contributed by atoms with van der Waals surface area (Å²) in [5, 5.41) is 3.34. The van der Waals surface area contributed by atoms with E-state index in [1.54, 1.807) is 18.2 Å². The molecule has 4 N–H and O–H groups in total. The lowest BCUT2D eigenvalue weighted by atomic mass is 10.1. The van der Waals surface area contributed by atoms with Crippen LogP contribution in [0.2, 0.25) is 5.02 Å². The summed E-state index contributed by atoms with van der Waals surface area (Å²) in [6.45, 7) is 3.80. The van der Waals surface area contributed by atoms with Gasteiger partial charge in [-0.2, -0.15) is 0 Å². The molecule has 0 heterocycles. The maximum Gasteiger partial charge on any atom is 0.257 e. The molecule has 1 amide bonds. The Balaban J connectivity index is 2.35. The smallest absolute Gasteiger partial charge is 0.257 e. The number of amides is 1. The van der Waals surface area contributed by atoms with Gasteiger partial charge in [-0.05, 0) is 37.6 Å². The van der Waals surface area contributed by atoms with Crippen LogP contribution in [-0.4, -0.2) is 5.91 Å². The summed E-state index contributed by atoms with van der Waals surface area (Å²) < 4.78 is 0. The molecule has 2 aromatic rings. The maximum atomic E-state index is 12.4. The highest BCUT2D eigenvalue weighted by Gasteiger charge is 2.14. The minimum absolute atomic E-state index is 0.252. The zero-order chi connectivity index (χ0) is 14.7. The number of nitrogens with one attached hydrogen (secondary N) is 2. The fourth-order valence-corrected chi connectivity index (χ4v) is 2.21. The molecule has 0 fully saturated rings. The molecule has 0 atom stereocenters. The Kier molecular flexibility index (Phi) is 4.27. The van der Waals surface area contributed by atoms with Crippen molar-refractivity contribution in [1.82, 2.24) is 0 Å². The van der Waals surface area contributed by atoms with Crippen molar-refractivity contribution in [1.29, 1.82) is 0 Å². The van der Waals surface area contributed by atoms with Gasteiger partial charge in [0.2, 0.25) is 0 Å². The Labute approximate surface area is 122 Å². The molecule has 2 rings (SSSR count). The van der Waals surface area contributed by atoms with Crippen molar-refractivity contribution in [2.24, 2.45) is 5.84 Å². The number of nitrogen functional groups attached to an aromatic ring is 1. The number of anilines is 2. The highest BCUT2D eigenvalue weighted by molar-refractivity contribution is 6.34. The minimum atomic E-state index is -0.252. The first kappa shape index (κ1) is 14.4. The predicted octanol–water partition coefficient (Wildman–Crippen LogP) is 3.49. The molecule has 0 aromatic heterocycles. The third kappa shape index (κ3) is 2.92. The summed E-state index contributed by atoms with van der Waals surface area (Å²) in [6.07, 6.45) is 0. The van der Waals surface area contributed by atoms with Crippen molar-refractivity contribution in [2.45, 2.75) is 13.8 Å². The molecule has 0 spiro atoms. The van der Waals surface area contributed by atoms with Crippen molar-refractivity contribution >= 4 is 28.9 Å². The molecule has 20 heavy (non-hydrogen) atoms. The van der Waals surface area contributed by atoms with Crippen LogP contribution < -0.4 is 16.6 Å². The summed E-state index contributed by atoms with van der Waals surface area (Å²) in [4.78, 5) is 12.4. The van der Waals surface area contributed by atoms with Gasteiger partial charge < -0.3 is 10.7 Å². The second kappa shape index (κ2) is 5.94. The fraction of sp³-hybridized carbons (Fsp3) is 0.133. The number of hydrazine groups is 1. The monoisotopic (exact) mass is 289 g/mol. The van der Waals surface area contributed by atoms with Crippen LogP contribution in [0.4, 0.5) is 11.4 Å². The van der Waals surface area contributed by atoms with Crippen molar-refractivity contribution in [2.75, 3.05) is 10.7 Å². The number of nitrogens with two attached hydrogens (primary N) is 1. The van der Waals surface area contributed by atoms with Crippen molar-refractivity contribution < 1.29 is 4.79 Å². The number of hydrogen-bond donors (Lipinski definition) is 3. The van der Waals surface area contributed by atoms with Gasteiger partial charge >= 0.3 is 0 Å². The number of halogens is 1. The largest absolute Gasteiger partial charge is 0.323 e. The van der Waals surface area contributed by atoms with E-state index in [0.717, 1.165) is 11.1 Å². The van der Waals surface area contributed by atoms with Crippen LogP contribution >= 0.6 is 11.6 Å². The molecule has 0 aliphatic rings. The Morgan fingerprint density at radius 3 is 2.60 bits per heavy atom. The number of rotatable bonds is 3. The Bertz CT molecular complexity index is 635. The van der Waals surface area contributed by atoms with Gasteiger partial charge in [0, 0.05) is 0 Å². The summed E-state index contributed by atoms with van der Waals surface area (Å²) >= 11 is 6.11. The Morgan fingerprint density at radius 1 is 1.20 bits per heavy atom. The summed E-state index contributed by atoms with van der Waals surface area (Å²) in [6, 6.07) is 10.9. The zero-order valence-electron chi connectivity index (χ0n) is 11.3. The molecule has 0 unspecified atom stereocenters. The van der Waals surface area contributed by atoms with E-state index in [2.05, 4.69) is 10.7 Å². The van der Waals surface area contributed by atoms with E-state index < -0.39 is 0 Å². The van der Waals surface area contributed by atoms with Gasteiger partial charge in [-0.15, -0.1) is 0 Å². The van der Waals surface area contributed by atoms with Gasteiger partial charge in [0.15, 0.2) is 0 Å². The second-order valence-electron chi connectivity index (χ2n) is 4.58. The quantitative estimate of drug-likeness (QED) is 0.598. The number of benzene rings is 2. The van der Waals surface area contributed by atoms with Crippen LogP contribution in [0, 0.1) is 13.8 Å². The number of carbonyl (C=O) groups excluding carboxylic acids is 1. The lowest BCUT2D eigenvalue weighted by molar-refractivity contribution is 0.102. The predicted molar refractivity (Wildman–Crippen MR) is 83.1 cm³/mol. The van der Waals surface area contributed by atoms with Gasteiger partial charge in [-0.1, -0.05) is 35.4 Å². The van der Waals surface area contributed by atoms with Gasteiger partial charge in [0.1, 0.15) is 0 Å². The number of aryl methyl sites for hydroxylation is 2. The third-order valence-electron chi connectivity index (χ3n) is 3.04. The summed E-state index contributed by atoms with van der Waals surface area (Å²) in [7, 11) is 0. The fourth-order valence-electron chi connectivity index (χ4n) is 1.94. The normalized spacial score (nSPS) is 10.2. The van der Waals surface area contributed by atoms with E-state index in [1.165, 1.54) is 0 Å². The summed E-state index contributed by atoms with van der Waals surface area (Å²) in [5.41, 5.74) is 6.07. The SMILES string of the molecule is Cc1ccc(NN)c(C(=O)Nc2c(C)cccc2Cl)c1. The lowest BCUT2D eigenvalue weighted by Crippen LogP contribution is -2.18. The molecule has 0 aliphatic carbocycles. The van der Waals surface area contributed by atoms with Crippen LogP contribution in [0.3, 0.4) is 0 Å². The summed E-state index contributed by atoms with van der Waals surface area (Å²) in [5.74, 6) is 5.18. The van der Waals surface area contributed by atoms with Crippen molar-refractivity contribution in [3.8, 4) is 0 Å². The van der Waals surface area contributed by atoms with Gasteiger partial charge in [-0.25, -0.2) is 0 Å². The topological polar surface area (TPSA) is 67.1 Å². The van der Waals surface area contributed by atoms with Crippen molar-refractivity contribution in [3.05, 3.63) is 58.1 Å². The molecular weight excluding hydrogens is 274 g/mol. The van der Waals surface area contributed by atoms with E-state index in [4.69, 9.17) is 17.4 Å². The van der Waals surface area contributed by atoms with Crippen molar-refractivity contribution in [3.63, 3.8) is 0 Å². The van der Waals surface area contributed by atoms with Gasteiger partial charge in [0.05, 0.1) is 22.0 Å². The minimum Gasteiger partial charge on any atom is -0.323 e.